The van der Waals surface area contributed by atoms with Crippen LogP contribution in [0.25, 0.3) is 10.2 Å². The third-order valence-electron chi connectivity index (χ3n) is 5.40. The van der Waals surface area contributed by atoms with E-state index in [0.717, 1.165) is 41.0 Å². The van der Waals surface area contributed by atoms with Gasteiger partial charge in [-0.3, -0.25) is 4.79 Å². The quantitative estimate of drug-likeness (QED) is 0.608. The van der Waals surface area contributed by atoms with Crippen molar-refractivity contribution in [3.63, 3.8) is 0 Å². The Morgan fingerprint density at radius 3 is 2.93 bits per heavy atom. The summed E-state index contributed by atoms with van der Waals surface area (Å²) < 4.78 is 5.34. The SMILES string of the molecule is COc1ccc(Cl)cc1NC(=O)c1sc2ncnc(N3CCCC[C@@H]3C)c2c1C. The van der Waals surface area contributed by atoms with Crippen LogP contribution >= 0.6 is 22.9 Å². The van der Waals surface area contributed by atoms with E-state index < -0.39 is 0 Å². The average Bonchev–Trinajstić information content (AvgIpc) is 3.06. The Labute approximate surface area is 178 Å². The monoisotopic (exact) mass is 430 g/mol. The van der Waals surface area contributed by atoms with E-state index in [9.17, 15) is 4.79 Å². The molecule has 29 heavy (non-hydrogen) atoms. The Hall–Kier alpha value is -2.38. The number of nitrogens with one attached hydrogen (secondary N) is 1. The van der Waals surface area contributed by atoms with Gasteiger partial charge in [0.15, 0.2) is 0 Å². The summed E-state index contributed by atoms with van der Waals surface area (Å²) in [5.74, 6) is 1.28. The van der Waals surface area contributed by atoms with E-state index in [4.69, 9.17) is 16.3 Å². The third kappa shape index (κ3) is 3.76. The van der Waals surface area contributed by atoms with Crippen LogP contribution in [0.5, 0.6) is 5.75 Å². The number of aromatic nitrogens is 2. The second-order valence-electron chi connectivity index (χ2n) is 7.27. The molecule has 0 aliphatic carbocycles. The number of benzene rings is 1. The molecule has 0 unspecified atom stereocenters. The summed E-state index contributed by atoms with van der Waals surface area (Å²) in [6, 6.07) is 5.57. The number of ether oxygens (including phenoxy) is 1. The van der Waals surface area contributed by atoms with Gasteiger partial charge in [-0.05, 0) is 56.9 Å². The molecule has 8 heteroatoms. The van der Waals surface area contributed by atoms with E-state index in [-0.39, 0.29) is 5.91 Å². The average molecular weight is 431 g/mol. The number of hydrogen-bond acceptors (Lipinski definition) is 6. The molecule has 6 nitrogen and oxygen atoms in total. The molecule has 3 heterocycles. The van der Waals surface area contributed by atoms with Gasteiger partial charge in [-0.1, -0.05) is 11.6 Å². The van der Waals surface area contributed by atoms with Gasteiger partial charge >= 0.3 is 0 Å². The smallest absolute Gasteiger partial charge is 0.266 e. The highest BCUT2D eigenvalue weighted by Gasteiger charge is 2.26. The van der Waals surface area contributed by atoms with Crippen molar-refractivity contribution in [1.82, 2.24) is 9.97 Å². The van der Waals surface area contributed by atoms with E-state index in [1.54, 1.807) is 31.6 Å². The number of anilines is 2. The lowest BCUT2D eigenvalue weighted by Crippen LogP contribution is -2.38. The number of aryl methyl sites for hydroxylation is 1. The van der Waals surface area contributed by atoms with Crippen LogP contribution in [0.4, 0.5) is 11.5 Å². The van der Waals surface area contributed by atoms with Gasteiger partial charge in [-0.15, -0.1) is 11.3 Å². The zero-order valence-electron chi connectivity index (χ0n) is 16.7. The summed E-state index contributed by atoms with van der Waals surface area (Å²) in [4.78, 5) is 25.9. The molecule has 2 aromatic heterocycles. The number of halogens is 1. The van der Waals surface area contributed by atoms with Crippen molar-refractivity contribution in [1.29, 1.82) is 0 Å². The minimum absolute atomic E-state index is 0.205. The second kappa shape index (κ2) is 8.16. The molecular formula is C21H23ClN4O2S. The van der Waals surface area contributed by atoms with Crippen molar-refractivity contribution in [3.8, 4) is 5.75 Å². The summed E-state index contributed by atoms with van der Waals surface area (Å²) in [6.07, 6.45) is 5.14. The van der Waals surface area contributed by atoms with Gasteiger partial charge < -0.3 is 15.0 Å². The maximum absolute atomic E-state index is 13.1. The maximum atomic E-state index is 13.1. The number of fused-ring (bicyclic) bond motifs is 1. The predicted octanol–water partition coefficient (Wildman–Crippen LogP) is 5.29. The number of carbonyl (C=O) groups excluding carboxylic acids is 1. The highest BCUT2D eigenvalue weighted by Crippen LogP contribution is 2.37. The van der Waals surface area contributed by atoms with Gasteiger partial charge in [-0.2, -0.15) is 0 Å². The minimum Gasteiger partial charge on any atom is -0.495 e. The van der Waals surface area contributed by atoms with Gasteiger partial charge in [0.2, 0.25) is 0 Å². The summed E-state index contributed by atoms with van der Waals surface area (Å²) in [6.45, 7) is 5.17. The van der Waals surface area contributed by atoms with E-state index >= 15 is 0 Å². The first-order valence-corrected chi connectivity index (χ1v) is 10.8. The van der Waals surface area contributed by atoms with Crippen LogP contribution in [-0.2, 0) is 0 Å². The van der Waals surface area contributed by atoms with Gasteiger partial charge in [-0.25, -0.2) is 9.97 Å². The Bertz CT molecular complexity index is 1070. The van der Waals surface area contributed by atoms with Crippen molar-refractivity contribution in [2.45, 2.75) is 39.2 Å². The topological polar surface area (TPSA) is 67.3 Å². The molecule has 1 aliphatic heterocycles. The summed E-state index contributed by atoms with van der Waals surface area (Å²) >= 11 is 7.48. The fourth-order valence-electron chi connectivity index (χ4n) is 3.86. The maximum Gasteiger partial charge on any atom is 0.266 e. The normalized spacial score (nSPS) is 16.8. The summed E-state index contributed by atoms with van der Waals surface area (Å²) in [5.41, 5.74) is 1.44. The summed E-state index contributed by atoms with van der Waals surface area (Å²) in [7, 11) is 1.56. The van der Waals surface area contributed by atoms with E-state index in [2.05, 4.69) is 27.1 Å². The van der Waals surface area contributed by atoms with E-state index in [1.165, 1.54) is 17.8 Å². The van der Waals surface area contributed by atoms with Crippen LogP contribution in [0.2, 0.25) is 5.02 Å². The number of thiophene rings is 1. The Morgan fingerprint density at radius 2 is 2.17 bits per heavy atom. The zero-order valence-corrected chi connectivity index (χ0v) is 18.2. The number of methoxy groups -OCH3 is 1. The van der Waals surface area contributed by atoms with Crippen LogP contribution in [0.1, 0.15) is 41.4 Å². The first-order valence-electron chi connectivity index (χ1n) is 9.65. The van der Waals surface area contributed by atoms with E-state index in [1.807, 2.05) is 6.92 Å². The molecule has 4 rings (SSSR count). The highest BCUT2D eigenvalue weighted by molar-refractivity contribution is 7.20. The number of carbonyl (C=O) groups is 1. The molecule has 1 atom stereocenters. The van der Waals surface area contributed by atoms with Crippen LogP contribution in [0, 0.1) is 6.92 Å². The first kappa shape index (κ1) is 19.9. The Balaban J connectivity index is 1.72. The van der Waals surface area contributed by atoms with Crippen LogP contribution in [0.3, 0.4) is 0 Å². The van der Waals surface area contributed by atoms with Gasteiger partial charge in [0, 0.05) is 17.6 Å². The van der Waals surface area contributed by atoms with Crippen molar-refractivity contribution >= 4 is 50.6 Å². The first-order chi connectivity index (χ1) is 14.0. The molecule has 0 bridgehead atoms. The molecule has 1 saturated heterocycles. The van der Waals surface area contributed by atoms with Crippen molar-refractivity contribution < 1.29 is 9.53 Å². The van der Waals surface area contributed by atoms with Crippen LogP contribution in [0.15, 0.2) is 24.5 Å². The van der Waals surface area contributed by atoms with Crippen molar-refractivity contribution in [2.75, 3.05) is 23.9 Å². The molecule has 0 saturated carbocycles. The van der Waals surface area contributed by atoms with Crippen LogP contribution < -0.4 is 15.0 Å². The Kier molecular flexibility index (Phi) is 5.61. The molecule has 0 spiro atoms. The highest BCUT2D eigenvalue weighted by atomic mass is 35.5. The molecule has 1 N–H and O–H groups in total. The number of nitrogens with zero attached hydrogens (tertiary/aromatic N) is 3. The predicted molar refractivity (Wildman–Crippen MR) is 119 cm³/mol. The standard InChI is InChI=1S/C21H23ClN4O2S/c1-12-6-4-5-9-26(12)19-17-13(2)18(29-21(17)24-11-23-19)20(27)25-15-10-14(22)7-8-16(15)28-3/h7-8,10-12H,4-6,9H2,1-3H3,(H,25,27)/t12-/m0/s1. The summed E-state index contributed by atoms with van der Waals surface area (Å²) in [5, 5.41) is 4.42. The van der Waals surface area contributed by atoms with Crippen molar-refractivity contribution in [3.05, 3.63) is 40.0 Å². The van der Waals surface area contributed by atoms with E-state index in [0.29, 0.717) is 27.4 Å². The molecule has 1 aromatic carbocycles. The molecule has 1 aliphatic rings. The van der Waals surface area contributed by atoms with Crippen molar-refractivity contribution in [2.24, 2.45) is 0 Å². The molecular weight excluding hydrogens is 408 g/mol. The molecule has 0 radical (unpaired) electrons. The molecule has 1 fully saturated rings. The fraction of sp³-hybridized carbons (Fsp3) is 0.381. The number of hydrogen-bond donors (Lipinski definition) is 1. The lowest BCUT2D eigenvalue weighted by molar-refractivity contribution is 0.102. The number of piperidine rings is 1. The minimum atomic E-state index is -0.205. The second-order valence-corrected chi connectivity index (χ2v) is 8.71. The molecule has 1 amide bonds. The van der Waals surface area contributed by atoms with Gasteiger partial charge in [0.25, 0.3) is 5.91 Å². The number of rotatable bonds is 4. The lowest BCUT2D eigenvalue weighted by atomic mass is 10.0. The molecule has 3 aromatic rings. The fourth-order valence-corrected chi connectivity index (χ4v) is 5.07. The zero-order chi connectivity index (χ0) is 20.5. The van der Waals surface area contributed by atoms with Crippen LogP contribution in [-0.4, -0.2) is 35.6 Å². The molecule has 152 valence electrons. The van der Waals surface area contributed by atoms with Gasteiger partial charge in [0.1, 0.15) is 22.7 Å². The third-order valence-corrected chi connectivity index (χ3v) is 6.83. The lowest BCUT2D eigenvalue weighted by Gasteiger charge is -2.34. The largest absolute Gasteiger partial charge is 0.495 e. The Morgan fingerprint density at radius 1 is 1.34 bits per heavy atom. The van der Waals surface area contributed by atoms with Gasteiger partial charge in [0.05, 0.1) is 23.1 Å². The number of amides is 1.